The van der Waals surface area contributed by atoms with Crippen molar-refractivity contribution in [1.82, 2.24) is 0 Å². The third kappa shape index (κ3) is 5.24. The van der Waals surface area contributed by atoms with E-state index in [1.165, 1.54) is 36.8 Å². The second-order valence-electron chi connectivity index (χ2n) is 9.70. The molecule has 1 saturated carbocycles. The van der Waals surface area contributed by atoms with E-state index in [9.17, 15) is 0 Å². The summed E-state index contributed by atoms with van der Waals surface area (Å²) in [5.41, 5.74) is 3.55. The van der Waals surface area contributed by atoms with Gasteiger partial charge in [0.25, 0.3) is 0 Å². The minimum Gasteiger partial charge on any atom is -0.493 e. The molecule has 3 heteroatoms. The van der Waals surface area contributed by atoms with Crippen LogP contribution >= 0.6 is 0 Å². The summed E-state index contributed by atoms with van der Waals surface area (Å²) in [4.78, 5) is 0. The van der Waals surface area contributed by atoms with E-state index >= 15 is 8.78 Å². The van der Waals surface area contributed by atoms with Crippen LogP contribution in [0.3, 0.4) is 0 Å². The van der Waals surface area contributed by atoms with Gasteiger partial charge in [-0.25, -0.2) is 8.78 Å². The lowest BCUT2D eigenvalue weighted by molar-refractivity contribution is 0.307. The van der Waals surface area contributed by atoms with E-state index in [0.717, 1.165) is 49.3 Å². The zero-order chi connectivity index (χ0) is 22.5. The summed E-state index contributed by atoms with van der Waals surface area (Å²) >= 11 is 0. The molecule has 2 aromatic rings. The Kier molecular flexibility index (Phi) is 7.65. The van der Waals surface area contributed by atoms with E-state index in [2.05, 4.69) is 25.6 Å². The maximum absolute atomic E-state index is 15.2. The van der Waals surface area contributed by atoms with Gasteiger partial charge in [-0.1, -0.05) is 31.9 Å². The lowest BCUT2D eigenvalue weighted by Gasteiger charge is -2.30. The van der Waals surface area contributed by atoms with E-state index in [4.69, 9.17) is 4.74 Å². The number of halogens is 2. The fourth-order valence-corrected chi connectivity index (χ4v) is 5.75. The first-order valence-electron chi connectivity index (χ1n) is 12.4. The molecule has 0 saturated heterocycles. The molecular weight excluding hydrogens is 402 g/mol. The largest absolute Gasteiger partial charge is 0.493 e. The summed E-state index contributed by atoms with van der Waals surface area (Å²) in [6.07, 6.45) is 11.9. The molecule has 1 fully saturated rings. The Balaban J connectivity index is 1.45. The first kappa shape index (κ1) is 23.0. The van der Waals surface area contributed by atoms with E-state index in [1.54, 1.807) is 12.1 Å². The Hall–Kier alpha value is -2.16. The standard InChI is InChI=1S/C29H36F2O/c1-3-5-15-32-26-14-13-22-16-24(12-11-23(22)17-26)29-27(30)18-25(19-28(29)31)21-9-7-20(6-4-2)8-10-21/h3,13-14,17-21,24H,1,4-12,15-16H2,2H3. The maximum atomic E-state index is 15.2. The summed E-state index contributed by atoms with van der Waals surface area (Å²) in [5.74, 6) is 1.14. The second kappa shape index (κ2) is 10.6. The van der Waals surface area contributed by atoms with Crippen LogP contribution in [0.4, 0.5) is 8.78 Å². The zero-order valence-corrected chi connectivity index (χ0v) is 19.3. The topological polar surface area (TPSA) is 9.23 Å². The number of aryl methyl sites for hydroxylation is 1. The fraction of sp³-hybridized carbons (Fsp3) is 0.517. The van der Waals surface area contributed by atoms with E-state index in [-0.39, 0.29) is 23.1 Å². The van der Waals surface area contributed by atoms with Crippen LogP contribution in [0.5, 0.6) is 5.75 Å². The average molecular weight is 439 g/mol. The van der Waals surface area contributed by atoms with Gasteiger partial charge in [0.05, 0.1) is 6.61 Å². The van der Waals surface area contributed by atoms with E-state index in [0.29, 0.717) is 18.9 Å². The molecule has 32 heavy (non-hydrogen) atoms. The van der Waals surface area contributed by atoms with Crippen LogP contribution in [0.2, 0.25) is 0 Å². The number of ether oxygens (including phenoxy) is 1. The van der Waals surface area contributed by atoms with Crippen LogP contribution in [0.1, 0.15) is 92.4 Å². The Labute approximate surface area is 191 Å². The van der Waals surface area contributed by atoms with Crippen LogP contribution in [0.15, 0.2) is 43.0 Å². The minimum absolute atomic E-state index is 0.107. The van der Waals surface area contributed by atoms with E-state index in [1.807, 2.05) is 12.1 Å². The summed E-state index contributed by atoms with van der Waals surface area (Å²) in [7, 11) is 0. The number of fused-ring (bicyclic) bond motifs is 1. The van der Waals surface area contributed by atoms with Gasteiger partial charge in [0.1, 0.15) is 17.4 Å². The number of rotatable bonds is 8. The molecule has 0 heterocycles. The van der Waals surface area contributed by atoms with Gasteiger partial charge in [-0.15, -0.1) is 6.58 Å². The van der Waals surface area contributed by atoms with E-state index < -0.39 is 0 Å². The van der Waals surface area contributed by atoms with Gasteiger partial charge in [0.2, 0.25) is 0 Å². The predicted octanol–water partition coefficient (Wildman–Crippen LogP) is 8.27. The molecule has 0 aromatic heterocycles. The van der Waals surface area contributed by atoms with Crippen molar-refractivity contribution in [2.75, 3.05) is 6.61 Å². The predicted molar refractivity (Wildman–Crippen MR) is 127 cm³/mol. The molecule has 0 radical (unpaired) electrons. The van der Waals surface area contributed by atoms with Gasteiger partial charge in [-0.2, -0.15) is 0 Å². The number of benzene rings is 2. The van der Waals surface area contributed by atoms with Gasteiger partial charge < -0.3 is 4.74 Å². The molecule has 0 bridgehead atoms. The molecular formula is C29H36F2O. The van der Waals surface area contributed by atoms with Crippen molar-refractivity contribution in [2.45, 2.75) is 83.0 Å². The molecule has 0 aliphatic heterocycles. The van der Waals surface area contributed by atoms with Gasteiger partial charge in [-0.05, 0) is 110 Å². The molecule has 0 amide bonds. The lowest BCUT2D eigenvalue weighted by atomic mass is 9.76. The first-order chi connectivity index (χ1) is 15.6. The molecule has 1 atom stereocenters. The van der Waals surface area contributed by atoms with Crippen LogP contribution < -0.4 is 4.74 Å². The van der Waals surface area contributed by atoms with Gasteiger partial charge in [-0.3, -0.25) is 0 Å². The Bertz CT molecular complexity index is 904. The van der Waals surface area contributed by atoms with Crippen molar-refractivity contribution in [2.24, 2.45) is 5.92 Å². The highest BCUT2D eigenvalue weighted by Crippen LogP contribution is 2.41. The van der Waals surface area contributed by atoms with Crippen molar-refractivity contribution < 1.29 is 13.5 Å². The van der Waals surface area contributed by atoms with Crippen LogP contribution in [-0.2, 0) is 12.8 Å². The summed E-state index contributed by atoms with van der Waals surface area (Å²) < 4.78 is 36.1. The summed E-state index contributed by atoms with van der Waals surface area (Å²) in [5, 5.41) is 0. The summed E-state index contributed by atoms with van der Waals surface area (Å²) in [6, 6.07) is 9.38. The molecule has 4 rings (SSSR count). The average Bonchev–Trinajstić information content (AvgIpc) is 2.79. The third-order valence-corrected chi connectivity index (χ3v) is 7.52. The second-order valence-corrected chi connectivity index (χ2v) is 9.70. The van der Waals surface area contributed by atoms with Gasteiger partial charge in [0, 0.05) is 5.56 Å². The molecule has 1 nitrogen and oxygen atoms in total. The highest BCUT2D eigenvalue weighted by molar-refractivity contribution is 5.41. The Morgan fingerprint density at radius 2 is 1.72 bits per heavy atom. The van der Waals surface area contributed by atoms with Crippen molar-refractivity contribution in [3.8, 4) is 5.75 Å². The highest BCUT2D eigenvalue weighted by atomic mass is 19.1. The Morgan fingerprint density at radius 3 is 2.41 bits per heavy atom. The van der Waals surface area contributed by atoms with Crippen molar-refractivity contribution >= 4 is 0 Å². The van der Waals surface area contributed by atoms with Crippen LogP contribution in [-0.4, -0.2) is 6.61 Å². The first-order valence-corrected chi connectivity index (χ1v) is 12.4. The van der Waals surface area contributed by atoms with Crippen molar-refractivity contribution in [3.05, 3.63) is 76.9 Å². The van der Waals surface area contributed by atoms with Crippen LogP contribution in [0.25, 0.3) is 0 Å². The molecule has 172 valence electrons. The third-order valence-electron chi connectivity index (χ3n) is 7.52. The number of hydrogen-bond acceptors (Lipinski definition) is 1. The molecule has 0 N–H and O–H groups in total. The summed E-state index contributed by atoms with van der Waals surface area (Å²) in [6.45, 7) is 6.57. The quantitative estimate of drug-likeness (QED) is 0.298. The number of hydrogen-bond donors (Lipinski definition) is 0. The van der Waals surface area contributed by atoms with Crippen molar-refractivity contribution in [1.29, 1.82) is 0 Å². The molecule has 2 aromatic carbocycles. The minimum atomic E-state index is -0.353. The SMILES string of the molecule is C=CCCOc1ccc2c(c1)CCC(c1c(F)cc(C3CCC(CCC)CC3)cc1F)C2. The normalized spacial score (nSPS) is 22.9. The molecule has 2 aliphatic carbocycles. The van der Waals surface area contributed by atoms with Gasteiger partial charge >= 0.3 is 0 Å². The maximum Gasteiger partial charge on any atom is 0.129 e. The Morgan fingerprint density at radius 1 is 0.969 bits per heavy atom. The van der Waals surface area contributed by atoms with Gasteiger partial charge in [0.15, 0.2) is 0 Å². The van der Waals surface area contributed by atoms with Crippen LogP contribution in [0, 0.1) is 17.6 Å². The monoisotopic (exact) mass is 438 g/mol. The lowest BCUT2D eigenvalue weighted by Crippen LogP contribution is -2.17. The molecule has 0 spiro atoms. The zero-order valence-electron chi connectivity index (χ0n) is 19.3. The molecule has 1 unspecified atom stereocenters. The fourth-order valence-electron chi connectivity index (χ4n) is 5.75. The van der Waals surface area contributed by atoms with Crippen molar-refractivity contribution in [3.63, 3.8) is 0 Å². The molecule has 2 aliphatic rings. The smallest absolute Gasteiger partial charge is 0.129 e. The highest BCUT2D eigenvalue weighted by Gasteiger charge is 2.28.